The number of carbonyl (C=O) groups excluding carboxylic acids is 1. The van der Waals surface area contributed by atoms with Gasteiger partial charge in [-0.05, 0) is 36.6 Å². The molecule has 0 aromatic heterocycles. The maximum atomic E-state index is 10.9. The van der Waals surface area contributed by atoms with Gasteiger partial charge in [0.1, 0.15) is 11.9 Å². The van der Waals surface area contributed by atoms with Crippen LogP contribution in [0.3, 0.4) is 0 Å². The Morgan fingerprint density at radius 2 is 2.05 bits per heavy atom. The molecule has 4 heteroatoms. The van der Waals surface area contributed by atoms with Crippen molar-refractivity contribution >= 4 is 5.97 Å². The van der Waals surface area contributed by atoms with Gasteiger partial charge in [-0.25, -0.2) is 4.79 Å². The maximum absolute atomic E-state index is 10.9. The Morgan fingerprint density at radius 3 is 2.68 bits per heavy atom. The van der Waals surface area contributed by atoms with Gasteiger partial charge in [-0.2, -0.15) is 0 Å². The van der Waals surface area contributed by atoms with E-state index < -0.39 is 0 Å². The molecule has 1 aromatic carbocycles. The summed E-state index contributed by atoms with van der Waals surface area (Å²) in [7, 11) is 3.02. The predicted octanol–water partition coefficient (Wildman–Crippen LogP) is 2.12. The molecule has 1 heterocycles. The number of benzene rings is 1. The summed E-state index contributed by atoms with van der Waals surface area (Å²) in [5, 5.41) is 0. The van der Waals surface area contributed by atoms with E-state index in [1.54, 1.807) is 13.2 Å². The Morgan fingerprint density at radius 1 is 1.32 bits per heavy atom. The number of hydrogen-bond donors (Lipinski definition) is 0. The molecule has 1 aromatic rings. The lowest BCUT2D eigenvalue weighted by Crippen LogP contribution is -1.97. The highest BCUT2D eigenvalue weighted by Gasteiger charge is 2.35. The van der Waals surface area contributed by atoms with E-state index in [0.717, 1.165) is 18.6 Å². The lowest BCUT2D eigenvalue weighted by Gasteiger charge is -2.02. The number of rotatable bonds is 6. The van der Waals surface area contributed by atoms with Crippen LogP contribution in [0.15, 0.2) is 36.4 Å². The van der Waals surface area contributed by atoms with Crippen molar-refractivity contribution in [2.24, 2.45) is 0 Å². The molecule has 2 rings (SSSR count). The first-order valence-corrected chi connectivity index (χ1v) is 6.27. The van der Waals surface area contributed by atoms with Gasteiger partial charge in [0, 0.05) is 6.08 Å². The SMILES string of the molecule is COC(=O)/C=C/[C@@H]1O[C@H]1CCc1ccc(OC)cc1. The number of epoxide rings is 1. The van der Waals surface area contributed by atoms with Crippen LogP contribution in [0.25, 0.3) is 0 Å². The zero-order valence-corrected chi connectivity index (χ0v) is 11.2. The van der Waals surface area contributed by atoms with Gasteiger partial charge in [-0.15, -0.1) is 0 Å². The first kappa shape index (κ1) is 13.6. The maximum Gasteiger partial charge on any atom is 0.330 e. The van der Waals surface area contributed by atoms with Crippen LogP contribution >= 0.6 is 0 Å². The summed E-state index contributed by atoms with van der Waals surface area (Å²) < 4.78 is 15.1. The molecule has 0 aliphatic carbocycles. The van der Waals surface area contributed by atoms with E-state index in [-0.39, 0.29) is 18.2 Å². The van der Waals surface area contributed by atoms with E-state index in [1.165, 1.54) is 18.7 Å². The molecule has 19 heavy (non-hydrogen) atoms. The van der Waals surface area contributed by atoms with Crippen molar-refractivity contribution in [3.63, 3.8) is 0 Å². The van der Waals surface area contributed by atoms with Gasteiger partial charge in [-0.1, -0.05) is 12.1 Å². The van der Waals surface area contributed by atoms with Gasteiger partial charge in [-0.3, -0.25) is 0 Å². The lowest BCUT2D eigenvalue weighted by molar-refractivity contribution is -0.134. The predicted molar refractivity (Wildman–Crippen MR) is 71.1 cm³/mol. The van der Waals surface area contributed by atoms with Crippen LogP contribution in [-0.4, -0.2) is 32.4 Å². The fourth-order valence-electron chi connectivity index (χ4n) is 1.90. The topological polar surface area (TPSA) is 48.1 Å². The van der Waals surface area contributed by atoms with Gasteiger partial charge >= 0.3 is 5.97 Å². The van der Waals surface area contributed by atoms with Gasteiger partial charge in [0.05, 0.1) is 20.3 Å². The molecular formula is C15H18O4. The molecule has 4 nitrogen and oxygen atoms in total. The standard InChI is InChI=1S/C15H18O4/c1-17-12-6-3-11(4-7-12)5-8-13-14(19-13)9-10-15(16)18-2/h3-4,6-7,9-10,13-14H,5,8H2,1-2H3/b10-9+/t13-,14-/m0/s1. The third-order valence-corrected chi connectivity index (χ3v) is 3.12. The highest BCUT2D eigenvalue weighted by Crippen LogP contribution is 2.28. The van der Waals surface area contributed by atoms with Crippen molar-refractivity contribution in [1.29, 1.82) is 0 Å². The fourth-order valence-corrected chi connectivity index (χ4v) is 1.90. The number of carbonyl (C=O) groups is 1. The van der Waals surface area contributed by atoms with Gasteiger partial charge in [0.25, 0.3) is 0 Å². The molecule has 0 radical (unpaired) electrons. The minimum atomic E-state index is -0.343. The van der Waals surface area contributed by atoms with E-state index in [0.29, 0.717) is 0 Å². The first-order valence-electron chi connectivity index (χ1n) is 6.27. The van der Waals surface area contributed by atoms with Gasteiger partial charge < -0.3 is 14.2 Å². The van der Waals surface area contributed by atoms with E-state index in [1.807, 2.05) is 12.1 Å². The molecule has 0 unspecified atom stereocenters. The van der Waals surface area contributed by atoms with Crippen molar-refractivity contribution in [2.75, 3.05) is 14.2 Å². The summed E-state index contributed by atoms with van der Waals surface area (Å²) in [5.41, 5.74) is 1.26. The zero-order chi connectivity index (χ0) is 13.7. The Bertz CT molecular complexity index is 450. The molecule has 0 spiro atoms. The van der Waals surface area contributed by atoms with Crippen molar-refractivity contribution in [2.45, 2.75) is 25.0 Å². The Balaban J connectivity index is 1.72. The van der Waals surface area contributed by atoms with Crippen LogP contribution < -0.4 is 4.74 Å². The van der Waals surface area contributed by atoms with Crippen LogP contribution in [0, 0.1) is 0 Å². The molecule has 1 saturated heterocycles. The van der Waals surface area contributed by atoms with Crippen LogP contribution in [-0.2, 0) is 20.7 Å². The second-order valence-corrected chi connectivity index (χ2v) is 4.41. The van der Waals surface area contributed by atoms with Crippen molar-refractivity contribution in [3.8, 4) is 5.75 Å². The summed E-state index contributed by atoms with van der Waals surface area (Å²) in [6, 6.07) is 8.02. The fraction of sp³-hybridized carbons (Fsp3) is 0.400. The van der Waals surface area contributed by atoms with Crippen LogP contribution in [0.2, 0.25) is 0 Å². The largest absolute Gasteiger partial charge is 0.497 e. The van der Waals surface area contributed by atoms with Gasteiger partial charge in [0.15, 0.2) is 0 Å². The summed E-state index contributed by atoms with van der Waals surface area (Å²) in [5.74, 6) is 0.523. The second-order valence-electron chi connectivity index (χ2n) is 4.41. The molecule has 1 aliphatic heterocycles. The molecular weight excluding hydrogens is 244 g/mol. The molecule has 0 N–H and O–H groups in total. The molecule has 0 bridgehead atoms. The Hall–Kier alpha value is -1.81. The normalized spacial score (nSPS) is 21.4. The molecule has 1 fully saturated rings. The van der Waals surface area contributed by atoms with Crippen LogP contribution in [0.1, 0.15) is 12.0 Å². The quantitative estimate of drug-likeness (QED) is 0.447. The van der Waals surface area contributed by atoms with Crippen molar-refractivity contribution in [3.05, 3.63) is 42.0 Å². The Kier molecular flexibility index (Phi) is 4.58. The molecule has 0 amide bonds. The molecule has 1 aliphatic rings. The summed E-state index contributed by atoms with van der Waals surface area (Å²) in [6.07, 6.45) is 5.34. The average molecular weight is 262 g/mol. The minimum Gasteiger partial charge on any atom is -0.497 e. The van der Waals surface area contributed by atoms with Crippen molar-refractivity contribution in [1.82, 2.24) is 0 Å². The van der Waals surface area contributed by atoms with Crippen molar-refractivity contribution < 1.29 is 19.0 Å². The highest BCUT2D eigenvalue weighted by molar-refractivity contribution is 5.81. The number of esters is 1. The van der Waals surface area contributed by atoms with Crippen LogP contribution in [0.5, 0.6) is 5.75 Å². The van der Waals surface area contributed by atoms with E-state index in [2.05, 4.69) is 16.9 Å². The highest BCUT2D eigenvalue weighted by atomic mass is 16.6. The van der Waals surface area contributed by atoms with Gasteiger partial charge in [0.2, 0.25) is 0 Å². The second kappa shape index (κ2) is 6.38. The first-order chi connectivity index (χ1) is 9.22. The number of ether oxygens (including phenoxy) is 3. The zero-order valence-electron chi connectivity index (χ0n) is 11.2. The average Bonchev–Trinajstić information content (AvgIpc) is 3.21. The Labute approximate surface area is 113 Å². The summed E-state index contributed by atoms with van der Waals surface area (Å²) in [4.78, 5) is 10.9. The summed E-state index contributed by atoms with van der Waals surface area (Å²) >= 11 is 0. The van der Waals surface area contributed by atoms with E-state index in [4.69, 9.17) is 9.47 Å². The van der Waals surface area contributed by atoms with E-state index in [9.17, 15) is 4.79 Å². The van der Waals surface area contributed by atoms with Crippen LogP contribution in [0.4, 0.5) is 0 Å². The molecule has 2 atom stereocenters. The molecule has 102 valence electrons. The number of hydrogen-bond acceptors (Lipinski definition) is 4. The summed E-state index contributed by atoms with van der Waals surface area (Å²) in [6.45, 7) is 0. The molecule has 0 saturated carbocycles. The minimum absolute atomic E-state index is 0.0531. The smallest absolute Gasteiger partial charge is 0.330 e. The number of methoxy groups -OCH3 is 2. The third-order valence-electron chi connectivity index (χ3n) is 3.12. The third kappa shape index (κ3) is 4.10. The number of aryl methyl sites for hydroxylation is 1. The van der Waals surface area contributed by atoms with E-state index >= 15 is 0 Å². The lowest BCUT2D eigenvalue weighted by atomic mass is 10.1. The monoisotopic (exact) mass is 262 g/mol.